The predicted octanol–water partition coefficient (Wildman–Crippen LogP) is 5.26. The summed E-state index contributed by atoms with van der Waals surface area (Å²) in [6, 6.07) is 6.57. The Balaban J connectivity index is 2.35. The van der Waals surface area contributed by atoms with Crippen molar-refractivity contribution in [3.8, 4) is 0 Å². The third-order valence-electron chi connectivity index (χ3n) is 3.21. The third kappa shape index (κ3) is 4.80. The number of carbonyl (C=O) groups excluding carboxylic acids is 2. The van der Waals surface area contributed by atoms with Gasteiger partial charge < -0.3 is 13.8 Å². The molecule has 142 valence electrons. The molecule has 0 fully saturated rings. The van der Waals surface area contributed by atoms with Gasteiger partial charge in [0.25, 0.3) is 5.52 Å². The minimum atomic E-state index is -3.88. The molecule has 2 aromatic rings. The lowest BCUT2D eigenvalue weighted by atomic mass is 10.2. The summed E-state index contributed by atoms with van der Waals surface area (Å²) in [5.41, 5.74) is -1.05. The van der Waals surface area contributed by atoms with Crippen molar-refractivity contribution in [2.24, 2.45) is 0 Å². The van der Waals surface area contributed by atoms with E-state index in [1.807, 2.05) is 0 Å². The van der Waals surface area contributed by atoms with Crippen molar-refractivity contribution in [2.75, 3.05) is 13.2 Å². The predicted molar refractivity (Wildman–Crippen MR) is 102 cm³/mol. The minimum absolute atomic E-state index is 0.104. The summed E-state index contributed by atoms with van der Waals surface area (Å²) >= 11 is 1.22. The highest BCUT2D eigenvalue weighted by atomic mass is 32.1. The van der Waals surface area contributed by atoms with Gasteiger partial charge in [-0.15, -0.1) is 11.3 Å². The van der Waals surface area contributed by atoms with Crippen LogP contribution in [0.15, 0.2) is 24.3 Å². The summed E-state index contributed by atoms with van der Waals surface area (Å²) in [6.07, 6.45) is 0. The van der Waals surface area contributed by atoms with Crippen LogP contribution in [0, 0.1) is 0 Å². The number of esters is 1. The fourth-order valence-electron chi connectivity index (χ4n) is 2.25. The van der Waals surface area contributed by atoms with Crippen LogP contribution >= 0.6 is 18.9 Å². The van der Waals surface area contributed by atoms with Crippen molar-refractivity contribution in [1.82, 2.24) is 0 Å². The van der Waals surface area contributed by atoms with Crippen molar-refractivity contribution in [3.05, 3.63) is 34.7 Å². The molecule has 0 aliphatic rings. The van der Waals surface area contributed by atoms with E-state index in [1.165, 1.54) is 11.3 Å². The van der Waals surface area contributed by atoms with Crippen molar-refractivity contribution in [2.45, 2.75) is 40.2 Å². The summed E-state index contributed by atoms with van der Waals surface area (Å²) < 4.78 is 29.0. The lowest BCUT2D eigenvalue weighted by Gasteiger charge is -2.18. The van der Waals surface area contributed by atoms with Crippen LogP contribution in [0.4, 0.5) is 0 Å². The molecule has 8 heteroatoms. The molecule has 0 amide bonds. The zero-order valence-corrected chi connectivity index (χ0v) is 17.2. The number of hydrogen-bond donors (Lipinski definition) is 0. The molecule has 0 saturated heterocycles. The SMILES string of the molecule is CCOP(=O)(OCC)C(=O)c1ccc2cc(C(=O)OC(C)(C)C)sc2c1. The smallest absolute Gasteiger partial charge is 0.401 e. The Kier molecular flexibility index (Phi) is 6.40. The Morgan fingerprint density at radius 2 is 1.69 bits per heavy atom. The van der Waals surface area contributed by atoms with E-state index in [2.05, 4.69) is 0 Å². The molecule has 6 nitrogen and oxygen atoms in total. The second-order valence-corrected chi connectivity index (χ2v) is 9.50. The lowest BCUT2D eigenvalue weighted by molar-refractivity contribution is 0.00752. The average Bonchev–Trinajstić information content (AvgIpc) is 2.96. The van der Waals surface area contributed by atoms with Gasteiger partial charge in [-0.2, -0.15) is 0 Å². The normalized spacial score (nSPS) is 12.3. The molecular weight excluding hydrogens is 375 g/mol. The van der Waals surface area contributed by atoms with Crippen LogP contribution in [0.1, 0.15) is 54.6 Å². The van der Waals surface area contributed by atoms with Gasteiger partial charge in [0.15, 0.2) is 0 Å². The van der Waals surface area contributed by atoms with Crippen LogP contribution in [-0.2, 0) is 18.3 Å². The van der Waals surface area contributed by atoms with E-state index in [0.29, 0.717) is 4.88 Å². The maximum absolute atomic E-state index is 12.7. The molecule has 1 aromatic carbocycles. The van der Waals surface area contributed by atoms with Crippen LogP contribution in [0.5, 0.6) is 0 Å². The van der Waals surface area contributed by atoms with Crippen LogP contribution in [0.25, 0.3) is 10.1 Å². The topological polar surface area (TPSA) is 78.9 Å². The van der Waals surface area contributed by atoms with E-state index in [1.54, 1.807) is 58.9 Å². The van der Waals surface area contributed by atoms with E-state index >= 15 is 0 Å². The Morgan fingerprint density at radius 1 is 1.08 bits per heavy atom. The highest BCUT2D eigenvalue weighted by Crippen LogP contribution is 2.51. The molecule has 0 aliphatic carbocycles. The number of benzene rings is 1. The first-order valence-electron chi connectivity index (χ1n) is 8.30. The fourth-order valence-corrected chi connectivity index (χ4v) is 4.67. The molecule has 0 unspecified atom stereocenters. The fraction of sp³-hybridized carbons (Fsp3) is 0.444. The van der Waals surface area contributed by atoms with E-state index in [-0.39, 0.29) is 18.8 Å². The van der Waals surface area contributed by atoms with E-state index in [9.17, 15) is 14.2 Å². The molecular formula is C18H23O6PS. The zero-order chi connectivity index (χ0) is 19.5. The standard InChI is InChI=1S/C18H23O6PS/c1-6-22-25(21,23-7-2)17(20)13-9-8-12-10-15(26-14(12)11-13)16(19)24-18(3,4)5/h8-11H,6-7H2,1-5H3. The Morgan fingerprint density at radius 3 is 2.23 bits per heavy atom. The molecule has 0 saturated carbocycles. The molecule has 0 N–H and O–H groups in total. The van der Waals surface area contributed by atoms with E-state index in [0.717, 1.165) is 10.1 Å². The maximum Gasteiger partial charge on any atom is 0.401 e. The molecule has 1 heterocycles. The zero-order valence-electron chi connectivity index (χ0n) is 15.5. The van der Waals surface area contributed by atoms with Crippen molar-refractivity contribution in [3.63, 3.8) is 0 Å². The van der Waals surface area contributed by atoms with Gasteiger partial charge in [-0.1, -0.05) is 12.1 Å². The van der Waals surface area contributed by atoms with Gasteiger partial charge in [0.1, 0.15) is 10.5 Å². The number of rotatable bonds is 7. The summed E-state index contributed by atoms with van der Waals surface area (Å²) in [7, 11) is -3.88. The lowest BCUT2D eigenvalue weighted by Crippen LogP contribution is -2.23. The number of carbonyl (C=O) groups is 2. The van der Waals surface area contributed by atoms with Gasteiger partial charge in [-0.3, -0.25) is 9.36 Å². The average molecular weight is 398 g/mol. The number of hydrogen-bond acceptors (Lipinski definition) is 7. The van der Waals surface area contributed by atoms with E-state index in [4.69, 9.17) is 13.8 Å². The number of fused-ring (bicyclic) bond motifs is 1. The highest BCUT2D eigenvalue weighted by molar-refractivity contribution is 7.72. The Labute approximate surface area is 157 Å². The number of thiophene rings is 1. The largest absolute Gasteiger partial charge is 0.456 e. The summed E-state index contributed by atoms with van der Waals surface area (Å²) in [5.74, 6) is -0.416. The second kappa shape index (κ2) is 8.01. The third-order valence-corrected chi connectivity index (χ3v) is 6.24. The molecule has 2 rings (SSSR count). The van der Waals surface area contributed by atoms with Crippen molar-refractivity contribution < 1.29 is 27.9 Å². The number of ether oxygens (including phenoxy) is 1. The minimum Gasteiger partial charge on any atom is -0.456 e. The van der Waals surface area contributed by atoms with Crippen LogP contribution in [0.2, 0.25) is 0 Å². The molecule has 26 heavy (non-hydrogen) atoms. The summed E-state index contributed by atoms with van der Waals surface area (Å²) in [5, 5.41) is 0.801. The first-order chi connectivity index (χ1) is 12.1. The van der Waals surface area contributed by atoms with Gasteiger partial charge in [0, 0.05) is 10.3 Å². The van der Waals surface area contributed by atoms with Gasteiger partial charge in [0.05, 0.1) is 13.2 Å². The second-order valence-electron chi connectivity index (χ2n) is 6.50. The molecule has 0 spiro atoms. The monoisotopic (exact) mass is 398 g/mol. The summed E-state index contributed by atoms with van der Waals surface area (Å²) in [4.78, 5) is 25.3. The molecule has 1 aromatic heterocycles. The summed E-state index contributed by atoms with van der Waals surface area (Å²) in [6.45, 7) is 8.90. The molecule has 0 atom stereocenters. The van der Waals surface area contributed by atoms with Crippen LogP contribution in [-0.4, -0.2) is 30.3 Å². The Hall–Kier alpha value is -1.53. The maximum atomic E-state index is 12.7. The van der Waals surface area contributed by atoms with Crippen molar-refractivity contribution >= 4 is 40.5 Å². The quantitative estimate of drug-likeness (QED) is 0.467. The molecule has 0 aliphatic heterocycles. The van der Waals surface area contributed by atoms with Gasteiger partial charge in [0.2, 0.25) is 0 Å². The first kappa shape index (κ1) is 20.8. The van der Waals surface area contributed by atoms with Gasteiger partial charge >= 0.3 is 13.6 Å². The van der Waals surface area contributed by atoms with E-state index < -0.39 is 24.7 Å². The van der Waals surface area contributed by atoms with Crippen molar-refractivity contribution in [1.29, 1.82) is 0 Å². The molecule has 0 radical (unpaired) electrons. The Bertz CT molecular complexity index is 854. The first-order valence-corrected chi connectivity index (χ1v) is 10.7. The van der Waals surface area contributed by atoms with Crippen LogP contribution in [0.3, 0.4) is 0 Å². The van der Waals surface area contributed by atoms with Gasteiger partial charge in [-0.05, 0) is 52.1 Å². The van der Waals surface area contributed by atoms with Gasteiger partial charge in [-0.25, -0.2) is 4.79 Å². The molecule has 0 bridgehead atoms. The van der Waals surface area contributed by atoms with Crippen LogP contribution < -0.4 is 0 Å². The highest BCUT2D eigenvalue weighted by Gasteiger charge is 2.35.